The van der Waals surface area contributed by atoms with Crippen LogP contribution in [-0.4, -0.2) is 72.1 Å². The highest BCUT2D eigenvalue weighted by molar-refractivity contribution is 6.12. The third-order valence-electron chi connectivity index (χ3n) is 6.12. The zero-order chi connectivity index (χ0) is 26.2. The van der Waals surface area contributed by atoms with Crippen molar-refractivity contribution in [2.24, 2.45) is 16.5 Å². The van der Waals surface area contributed by atoms with Gasteiger partial charge in [-0.05, 0) is 50.7 Å². The predicted octanol–water partition coefficient (Wildman–Crippen LogP) is 2.89. The van der Waals surface area contributed by atoms with Gasteiger partial charge in [0.25, 0.3) is 0 Å². The second-order valence-electron chi connectivity index (χ2n) is 9.00. The molecule has 0 atom stereocenters. The van der Waals surface area contributed by atoms with Crippen LogP contribution in [0.15, 0.2) is 53.5 Å². The molecule has 4 rings (SSSR count). The van der Waals surface area contributed by atoms with Gasteiger partial charge in [0.2, 0.25) is 0 Å². The molecule has 0 aliphatic heterocycles. The summed E-state index contributed by atoms with van der Waals surface area (Å²) in [6.45, 7) is 3.23. The third-order valence-corrected chi connectivity index (χ3v) is 6.12. The molecule has 0 aliphatic rings. The number of rotatable bonds is 12. The fraction of sp³-hybridized carbons (Fsp3) is 0.333. The summed E-state index contributed by atoms with van der Waals surface area (Å²) in [6.07, 6.45) is 2.46. The highest BCUT2D eigenvalue weighted by atomic mass is 16.5. The number of aromatic amines is 1. The second-order valence-corrected chi connectivity index (χ2v) is 9.00. The largest absolute Gasteiger partial charge is 0.465 e. The number of guanidine groups is 1. The van der Waals surface area contributed by atoms with Gasteiger partial charge in [-0.2, -0.15) is 0 Å². The quantitative estimate of drug-likeness (QED) is 0.100. The van der Waals surface area contributed by atoms with Crippen LogP contribution in [0, 0.1) is 0 Å². The molecule has 2 aromatic carbocycles. The van der Waals surface area contributed by atoms with Crippen LogP contribution in [0.1, 0.15) is 34.6 Å². The number of esters is 1. The van der Waals surface area contributed by atoms with Crippen LogP contribution in [0.4, 0.5) is 5.82 Å². The number of carbonyl (C=O) groups is 1. The minimum Gasteiger partial charge on any atom is -0.465 e. The summed E-state index contributed by atoms with van der Waals surface area (Å²) >= 11 is 0. The number of nitrogens with two attached hydrogens (primary N) is 2. The lowest BCUT2D eigenvalue weighted by atomic mass is 10.1. The van der Waals surface area contributed by atoms with Crippen molar-refractivity contribution < 1.29 is 9.53 Å². The molecule has 6 N–H and O–H groups in total. The van der Waals surface area contributed by atoms with E-state index in [0.29, 0.717) is 18.5 Å². The number of nitrogens with zero attached hydrogens (tertiary/aromatic N) is 4. The zero-order valence-electron chi connectivity index (χ0n) is 21.3. The Bertz CT molecular complexity index is 1380. The first-order valence-corrected chi connectivity index (χ1v) is 12.4. The minimum atomic E-state index is -0.378. The Morgan fingerprint density at radius 2 is 1.89 bits per heavy atom. The number of fused-ring (bicyclic) bond motifs is 3. The highest BCUT2D eigenvalue weighted by Gasteiger charge is 2.16. The minimum absolute atomic E-state index is 0.133. The molecule has 4 aromatic rings. The van der Waals surface area contributed by atoms with Crippen molar-refractivity contribution >= 4 is 39.7 Å². The number of benzene rings is 2. The van der Waals surface area contributed by atoms with E-state index >= 15 is 0 Å². The molecule has 10 nitrogen and oxygen atoms in total. The van der Waals surface area contributed by atoms with Crippen LogP contribution < -0.4 is 16.8 Å². The van der Waals surface area contributed by atoms with Crippen LogP contribution in [0.2, 0.25) is 0 Å². The summed E-state index contributed by atoms with van der Waals surface area (Å²) < 4.78 is 4.88. The molecule has 0 aliphatic carbocycles. The highest BCUT2D eigenvalue weighted by Crippen LogP contribution is 2.31. The molecule has 0 bridgehead atoms. The maximum Gasteiger partial charge on any atom is 0.337 e. The summed E-state index contributed by atoms with van der Waals surface area (Å²) in [6, 6.07) is 15.6. The van der Waals surface area contributed by atoms with Gasteiger partial charge in [0.15, 0.2) is 5.96 Å². The molecule has 10 heteroatoms. The lowest BCUT2D eigenvalue weighted by molar-refractivity contribution is 0.0601. The van der Waals surface area contributed by atoms with E-state index in [4.69, 9.17) is 26.2 Å². The van der Waals surface area contributed by atoms with Gasteiger partial charge in [0.05, 0.1) is 18.1 Å². The first kappa shape index (κ1) is 25.9. The van der Waals surface area contributed by atoms with E-state index in [0.717, 1.165) is 71.6 Å². The van der Waals surface area contributed by atoms with Gasteiger partial charge in [0, 0.05) is 30.4 Å². The van der Waals surface area contributed by atoms with Gasteiger partial charge in [0.1, 0.15) is 17.3 Å². The fourth-order valence-electron chi connectivity index (χ4n) is 4.29. The topological polar surface area (TPSA) is 148 Å². The van der Waals surface area contributed by atoms with Crippen LogP contribution in [0.3, 0.4) is 0 Å². The number of hydrogen-bond donors (Lipinski definition) is 4. The van der Waals surface area contributed by atoms with E-state index in [2.05, 4.69) is 39.4 Å². The summed E-state index contributed by atoms with van der Waals surface area (Å²) in [5.41, 5.74) is 13.9. The van der Waals surface area contributed by atoms with Gasteiger partial charge in [-0.1, -0.05) is 36.4 Å². The first-order valence-electron chi connectivity index (χ1n) is 12.4. The average Bonchev–Trinajstić information content (AvgIpc) is 3.26. The number of aromatic nitrogens is 3. The van der Waals surface area contributed by atoms with Gasteiger partial charge in [-0.3, -0.25) is 4.99 Å². The maximum absolute atomic E-state index is 12.0. The Balaban J connectivity index is 1.53. The molecule has 194 valence electrons. The Morgan fingerprint density at radius 3 is 2.65 bits per heavy atom. The predicted molar refractivity (Wildman–Crippen MR) is 148 cm³/mol. The molecule has 0 unspecified atom stereocenters. The lowest BCUT2D eigenvalue weighted by Gasteiger charge is -2.16. The number of anilines is 1. The van der Waals surface area contributed by atoms with Crippen molar-refractivity contribution in [3.05, 3.63) is 65.5 Å². The smallest absolute Gasteiger partial charge is 0.337 e. The number of ether oxygens (including phenoxy) is 1. The van der Waals surface area contributed by atoms with E-state index in [1.807, 2.05) is 24.3 Å². The Morgan fingerprint density at radius 1 is 1.11 bits per heavy atom. The molecule has 0 radical (unpaired) electrons. The number of carbonyl (C=O) groups excluding carboxylic acids is 1. The summed E-state index contributed by atoms with van der Waals surface area (Å²) in [4.78, 5) is 31.4. The van der Waals surface area contributed by atoms with Crippen LogP contribution >= 0.6 is 0 Å². The maximum atomic E-state index is 12.0. The number of H-pyrrole nitrogens is 1. The Labute approximate surface area is 216 Å². The number of aliphatic imine (C=N–C) groups is 1. The molecular formula is C27H34N8O2. The van der Waals surface area contributed by atoms with Crippen LogP contribution in [-0.2, 0) is 11.2 Å². The monoisotopic (exact) mass is 502 g/mol. The Kier molecular flexibility index (Phi) is 8.52. The Hall–Kier alpha value is -4.18. The number of nitrogens with one attached hydrogen (secondary N) is 2. The summed E-state index contributed by atoms with van der Waals surface area (Å²) in [7, 11) is 3.47. The van der Waals surface area contributed by atoms with Crippen molar-refractivity contribution in [3.8, 4) is 0 Å². The molecule has 0 saturated carbocycles. The molecular weight excluding hydrogens is 468 g/mol. The molecule has 2 aromatic heterocycles. The normalized spacial score (nSPS) is 11.2. The molecule has 0 spiro atoms. The van der Waals surface area contributed by atoms with Gasteiger partial charge < -0.3 is 31.4 Å². The summed E-state index contributed by atoms with van der Waals surface area (Å²) in [5.74, 6) is 1.26. The molecule has 2 heterocycles. The van der Waals surface area contributed by atoms with Gasteiger partial charge in [-0.25, -0.2) is 14.8 Å². The number of methoxy groups -OCH3 is 1. The van der Waals surface area contributed by atoms with E-state index in [9.17, 15) is 4.79 Å². The molecule has 0 saturated heterocycles. The van der Waals surface area contributed by atoms with Crippen LogP contribution in [0.5, 0.6) is 0 Å². The SMILES string of the molecule is COC(=O)c1ccc2c(c1)[nH]c1nc(Cc3ccccc3)nc(NCCCN(C)CCCN=C(N)N)c12. The summed E-state index contributed by atoms with van der Waals surface area (Å²) in [5, 5.41) is 5.40. The van der Waals surface area contributed by atoms with E-state index in [1.54, 1.807) is 12.1 Å². The second kappa shape index (κ2) is 12.2. The molecule has 0 amide bonds. The first-order chi connectivity index (χ1) is 17.9. The standard InChI is InChI=1S/C27H34N8O2/c1-35(15-7-13-31-27(28)29)14-6-12-30-24-23-20-11-10-19(26(36)37-2)17-21(20)32-25(23)34-22(33-24)16-18-8-4-3-5-9-18/h3-5,8-11,17H,6-7,12-16H2,1-2H3,(H4,28,29,31)(H2,30,32,33,34). The average molecular weight is 503 g/mol. The zero-order valence-corrected chi connectivity index (χ0v) is 21.3. The van der Waals surface area contributed by atoms with E-state index in [1.165, 1.54) is 7.11 Å². The van der Waals surface area contributed by atoms with Crippen molar-refractivity contribution in [1.82, 2.24) is 19.9 Å². The van der Waals surface area contributed by atoms with E-state index < -0.39 is 0 Å². The van der Waals surface area contributed by atoms with Gasteiger partial charge in [-0.15, -0.1) is 0 Å². The fourth-order valence-corrected chi connectivity index (χ4v) is 4.29. The number of hydrogen-bond acceptors (Lipinski definition) is 7. The van der Waals surface area contributed by atoms with Crippen LogP contribution in [0.25, 0.3) is 21.9 Å². The molecule has 0 fully saturated rings. The van der Waals surface area contributed by atoms with Crippen molar-refractivity contribution in [2.45, 2.75) is 19.3 Å². The van der Waals surface area contributed by atoms with Crippen molar-refractivity contribution in [3.63, 3.8) is 0 Å². The third kappa shape index (κ3) is 6.73. The van der Waals surface area contributed by atoms with E-state index in [-0.39, 0.29) is 11.9 Å². The van der Waals surface area contributed by atoms with Gasteiger partial charge >= 0.3 is 5.97 Å². The molecule has 37 heavy (non-hydrogen) atoms. The van der Waals surface area contributed by atoms with Crippen molar-refractivity contribution in [2.75, 3.05) is 45.7 Å². The van der Waals surface area contributed by atoms with Crippen molar-refractivity contribution in [1.29, 1.82) is 0 Å². The lowest BCUT2D eigenvalue weighted by Crippen LogP contribution is -2.25.